The van der Waals surface area contributed by atoms with Crippen molar-refractivity contribution in [3.05, 3.63) is 0 Å². The van der Waals surface area contributed by atoms with Crippen molar-refractivity contribution in [2.45, 2.75) is 49.1 Å². The Bertz CT molecular complexity index is 100. The maximum Gasteiger partial charge on any atom is 2.00 e. The van der Waals surface area contributed by atoms with Crippen molar-refractivity contribution in [2.24, 2.45) is 0 Å². The molecular formula is C8H19BrMgSi. The molecule has 0 N–H and O–H groups in total. The zero-order valence-electron chi connectivity index (χ0n) is 9.48. The molecule has 0 radical (unpaired) electrons. The van der Waals surface area contributed by atoms with Crippen molar-refractivity contribution in [1.82, 2.24) is 0 Å². The van der Waals surface area contributed by atoms with E-state index < -0.39 is 0 Å². The smallest absolute Gasteiger partial charge is 1.00 e. The normalized spacial score (nSPS) is 31.1. The van der Waals surface area contributed by atoms with Crippen LogP contribution in [0.4, 0.5) is 0 Å². The maximum atomic E-state index is 3.69. The molecule has 1 rings (SSSR count). The molecule has 0 aromatic rings. The van der Waals surface area contributed by atoms with Crippen LogP contribution in [0.1, 0.15) is 29.0 Å². The Hall–Kier alpha value is 1.46. The second kappa shape index (κ2) is 6.92. The van der Waals surface area contributed by atoms with Gasteiger partial charge in [0.25, 0.3) is 0 Å². The Morgan fingerprint density at radius 2 is 2.00 bits per heavy atom. The van der Waals surface area contributed by atoms with Gasteiger partial charge in [0.15, 0.2) is 0 Å². The van der Waals surface area contributed by atoms with E-state index in [1.54, 1.807) is 18.1 Å². The summed E-state index contributed by atoms with van der Waals surface area (Å²) in [6.07, 6.45) is 4.37. The zero-order valence-corrected chi connectivity index (χ0v) is 11.6. The van der Waals surface area contributed by atoms with Gasteiger partial charge < -0.3 is 2.85 Å². The minimum atomic E-state index is -0.195. The van der Waals surface area contributed by atoms with Gasteiger partial charge in [0, 0.05) is 13.6 Å². The minimum Gasteiger partial charge on any atom is -1.00 e. The first-order valence-electron chi connectivity index (χ1n) is 4.47. The summed E-state index contributed by atoms with van der Waals surface area (Å²) >= 11 is 3.69. The molecule has 64 valence electrons. The van der Waals surface area contributed by atoms with Crippen LogP contribution in [0.5, 0.6) is 0 Å². The number of hydrogen-bond acceptors (Lipinski definition) is 0. The van der Waals surface area contributed by atoms with Gasteiger partial charge in [-0.2, -0.15) is 0 Å². The molecule has 0 unspecified atom stereocenters. The Morgan fingerprint density at radius 1 is 1.45 bits per heavy atom. The molecule has 0 bridgehead atoms. The second-order valence-corrected chi connectivity index (χ2v) is 8.17. The third-order valence-electron chi connectivity index (χ3n) is 2.47. The average molecular weight is 248 g/mol. The van der Waals surface area contributed by atoms with Crippen molar-refractivity contribution in [2.75, 3.05) is 0 Å². The van der Waals surface area contributed by atoms with Crippen LogP contribution < -0.4 is 0 Å². The fourth-order valence-corrected chi connectivity index (χ4v) is 6.75. The standard InChI is InChI=1S/C8H17BrSi.Mg.2H/c1-2-5-10-6-3-8(9)4-7-10;;;/h8,10H,2-7H2,1H3;;;/q;+2;2*-1. The first kappa shape index (κ1) is 12.5. The number of alkyl halides is 1. The molecule has 0 spiro atoms. The molecule has 0 amide bonds. The van der Waals surface area contributed by atoms with Gasteiger partial charge >= 0.3 is 23.1 Å². The van der Waals surface area contributed by atoms with Gasteiger partial charge in [-0.05, 0) is 12.8 Å². The van der Waals surface area contributed by atoms with Crippen LogP contribution in [0.3, 0.4) is 0 Å². The fraction of sp³-hybridized carbons (Fsp3) is 1.00. The average Bonchev–Trinajstić information content (AvgIpc) is 1.95. The number of rotatable bonds is 2. The summed E-state index contributed by atoms with van der Waals surface area (Å²) in [5.41, 5.74) is 0. The van der Waals surface area contributed by atoms with Crippen LogP contribution in [-0.4, -0.2) is 36.7 Å². The Labute approximate surface area is 99.4 Å². The van der Waals surface area contributed by atoms with Crippen LogP contribution >= 0.6 is 15.9 Å². The van der Waals surface area contributed by atoms with E-state index in [1.165, 1.54) is 19.3 Å². The van der Waals surface area contributed by atoms with Gasteiger partial charge in [0.1, 0.15) is 0 Å². The van der Waals surface area contributed by atoms with Crippen molar-refractivity contribution in [3.63, 3.8) is 0 Å². The van der Waals surface area contributed by atoms with Crippen molar-refractivity contribution >= 4 is 47.8 Å². The van der Waals surface area contributed by atoms with Gasteiger partial charge in [-0.25, -0.2) is 0 Å². The maximum absolute atomic E-state index is 3.69. The molecule has 0 aromatic heterocycles. The van der Waals surface area contributed by atoms with Gasteiger partial charge in [0.2, 0.25) is 0 Å². The monoisotopic (exact) mass is 246 g/mol. The van der Waals surface area contributed by atoms with E-state index in [-0.39, 0.29) is 34.7 Å². The third kappa shape index (κ3) is 4.91. The Balaban J connectivity index is -0.000000333. The summed E-state index contributed by atoms with van der Waals surface area (Å²) in [6, 6.07) is 4.80. The molecule has 0 aromatic carbocycles. The molecule has 1 heterocycles. The summed E-state index contributed by atoms with van der Waals surface area (Å²) in [4.78, 5) is 0.869. The van der Waals surface area contributed by atoms with E-state index in [1.807, 2.05) is 0 Å². The van der Waals surface area contributed by atoms with Gasteiger partial charge in [-0.1, -0.05) is 47.4 Å². The first-order chi connectivity index (χ1) is 4.83. The SMILES string of the molecule is CCC[SiH]1CCC(Br)CC1.[H-].[H-].[Mg+2]. The van der Waals surface area contributed by atoms with E-state index in [9.17, 15) is 0 Å². The summed E-state index contributed by atoms with van der Waals surface area (Å²) in [5, 5.41) is 0. The quantitative estimate of drug-likeness (QED) is 0.520. The molecule has 0 atom stereocenters. The van der Waals surface area contributed by atoms with E-state index in [0.717, 1.165) is 4.83 Å². The van der Waals surface area contributed by atoms with Crippen LogP contribution in [0.15, 0.2) is 0 Å². The van der Waals surface area contributed by atoms with Gasteiger partial charge in [-0.15, -0.1) is 0 Å². The number of hydrogen-bond donors (Lipinski definition) is 0. The summed E-state index contributed by atoms with van der Waals surface area (Å²) in [5.74, 6) is 0. The predicted octanol–water partition coefficient (Wildman–Crippen LogP) is 3.03. The van der Waals surface area contributed by atoms with E-state index in [4.69, 9.17) is 0 Å². The summed E-state index contributed by atoms with van der Waals surface area (Å²) in [6.45, 7) is 2.33. The minimum absolute atomic E-state index is 0. The second-order valence-electron chi connectivity index (χ2n) is 3.41. The molecule has 0 saturated carbocycles. The van der Waals surface area contributed by atoms with Crippen molar-refractivity contribution in [1.29, 1.82) is 0 Å². The number of halogens is 1. The van der Waals surface area contributed by atoms with E-state index >= 15 is 0 Å². The predicted molar refractivity (Wildman–Crippen MR) is 61.8 cm³/mol. The topological polar surface area (TPSA) is 0 Å². The van der Waals surface area contributed by atoms with Crippen molar-refractivity contribution in [3.8, 4) is 0 Å². The molecule has 1 aliphatic rings. The van der Waals surface area contributed by atoms with Crippen molar-refractivity contribution < 1.29 is 2.85 Å². The molecular weight excluding hydrogens is 228 g/mol. The molecule has 1 aliphatic heterocycles. The zero-order chi connectivity index (χ0) is 7.40. The first-order valence-corrected chi connectivity index (χ1v) is 7.83. The molecule has 1 saturated heterocycles. The third-order valence-corrected chi connectivity index (χ3v) is 7.08. The summed E-state index contributed by atoms with van der Waals surface area (Å²) < 4.78 is 0. The van der Waals surface area contributed by atoms with Crippen LogP contribution in [-0.2, 0) is 0 Å². The Morgan fingerprint density at radius 3 is 2.45 bits per heavy atom. The van der Waals surface area contributed by atoms with Crippen LogP contribution in [0.25, 0.3) is 0 Å². The Kier molecular flexibility index (Phi) is 7.84. The molecule has 11 heavy (non-hydrogen) atoms. The fourth-order valence-electron chi connectivity index (χ4n) is 1.82. The molecule has 1 fully saturated rings. The van der Waals surface area contributed by atoms with E-state index in [0.29, 0.717) is 0 Å². The largest absolute Gasteiger partial charge is 2.00 e. The van der Waals surface area contributed by atoms with Gasteiger partial charge in [-0.3, -0.25) is 0 Å². The molecule has 0 aliphatic carbocycles. The van der Waals surface area contributed by atoms with Crippen LogP contribution in [0, 0.1) is 0 Å². The summed E-state index contributed by atoms with van der Waals surface area (Å²) in [7, 11) is -0.195. The molecule has 0 nitrogen and oxygen atoms in total. The van der Waals surface area contributed by atoms with E-state index in [2.05, 4.69) is 22.9 Å². The van der Waals surface area contributed by atoms with Crippen LogP contribution in [0.2, 0.25) is 18.1 Å². The van der Waals surface area contributed by atoms with Gasteiger partial charge in [0.05, 0.1) is 0 Å². The molecule has 3 heteroatoms.